The monoisotopic (exact) mass is 898 g/mol. The van der Waals surface area contributed by atoms with Gasteiger partial charge in [0.25, 0.3) is 0 Å². The molecular formula is C46H62IrN3O3-. The quantitative estimate of drug-likeness (QED) is 0.0901. The molecule has 0 atom stereocenters. The third-order valence-corrected chi connectivity index (χ3v) is 9.75. The zero-order valence-electron chi connectivity index (χ0n) is 35.7. The fourth-order valence-electron chi connectivity index (χ4n) is 7.65. The molecule has 0 bridgehead atoms. The van der Waals surface area contributed by atoms with Crippen molar-refractivity contribution in [2.75, 3.05) is 0 Å². The molecule has 0 amide bonds. The fraction of sp³-hybridized carbons (Fsp3) is 0.522. The zero-order chi connectivity index (χ0) is 39.7. The molecule has 1 radical (unpaired) electrons. The van der Waals surface area contributed by atoms with Crippen LogP contribution in [0.3, 0.4) is 0 Å². The molecule has 3 aromatic heterocycles. The number of carbonyl (C=O) groups is 1. The van der Waals surface area contributed by atoms with Gasteiger partial charge in [-0.1, -0.05) is 126 Å². The van der Waals surface area contributed by atoms with Crippen molar-refractivity contribution in [3.8, 4) is 11.3 Å². The number of aliphatic hydroxyl groups is 1. The number of benzene rings is 2. The van der Waals surface area contributed by atoms with Gasteiger partial charge in [-0.2, -0.15) is 0 Å². The van der Waals surface area contributed by atoms with Crippen molar-refractivity contribution >= 4 is 38.8 Å². The van der Waals surface area contributed by atoms with E-state index in [9.17, 15) is 9.90 Å². The van der Waals surface area contributed by atoms with Gasteiger partial charge in [-0.25, -0.2) is 4.98 Å². The van der Waals surface area contributed by atoms with Gasteiger partial charge in [-0.15, -0.1) is 18.2 Å². The largest absolute Gasteiger partial charge is 0.512 e. The van der Waals surface area contributed by atoms with E-state index >= 15 is 0 Å². The smallest absolute Gasteiger partial charge is 0.162 e. The molecule has 0 aliphatic carbocycles. The minimum atomic E-state index is -0.130. The van der Waals surface area contributed by atoms with Crippen molar-refractivity contribution in [3.63, 3.8) is 0 Å². The summed E-state index contributed by atoms with van der Waals surface area (Å²) in [6.07, 6.45) is 2.40. The summed E-state index contributed by atoms with van der Waals surface area (Å²) in [6, 6.07) is 15.9. The second kappa shape index (κ2) is 17.4. The van der Waals surface area contributed by atoms with E-state index in [2.05, 4.69) is 137 Å². The van der Waals surface area contributed by atoms with Crippen molar-refractivity contribution in [2.45, 2.75) is 116 Å². The summed E-state index contributed by atoms with van der Waals surface area (Å²) in [5.74, 6) is 1.63. The summed E-state index contributed by atoms with van der Waals surface area (Å²) < 4.78 is 14.7. The number of hydrogen-bond acceptors (Lipinski definition) is 6. The standard InChI is InChI=1S/C29H30N3O.C17H32O2.Ir/c1-17-8-10-19-13-20(14-22(24(19)32-17)29(5,6)7)25-27-26(31-16-30-25)21-11-9-18(12-23(21)33-27)15-28(2,3)4;1-10(2)16(11(3)4)14(18)9-15(19)17(12(5)6)13(7)8;/h8-12,14,16H,15H2,1-7H3;9-13,16-18H,1-8H3;/q-1;;/b;14-9-;/i16D;;. The number of pyridine rings is 1. The summed E-state index contributed by atoms with van der Waals surface area (Å²) in [4.78, 5) is 26.1. The van der Waals surface area contributed by atoms with E-state index in [1.54, 1.807) is 0 Å². The van der Waals surface area contributed by atoms with Crippen molar-refractivity contribution in [3.05, 3.63) is 77.4 Å². The summed E-state index contributed by atoms with van der Waals surface area (Å²) in [5.41, 5.74) is 7.71. The van der Waals surface area contributed by atoms with Gasteiger partial charge in [-0.05, 0) is 65.5 Å². The van der Waals surface area contributed by atoms with E-state index in [0.717, 1.165) is 45.1 Å². The molecular weight excluding hydrogens is 835 g/mol. The van der Waals surface area contributed by atoms with Crippen LogP contribution in [-0.2, 0) is 36.7 Å². The zero-order valence-corrected chi connectivity index (χ0v) is 37.0. The Balaban J connectivity index is 0.000000338. The number of nitrogens with zero attached hydrogens (tertiary/aromatic N) is 3. The van der Waals surface area contributed by atoms with Crippen LogP contribution >= 0.6 is 0 Å². The van der Waals surface area contributed by atoms with E-state index in [-0.39, 0.29) is 60.6 Å². The SMILES string of the molecule is CC(C)C(C(=O)/C=C(\O)C(C(C)C)C(C)C)C(C)C.[2H]c1nc(-c2[c-]c3ccc(C)nc3c(C(C)(C)C)c2)c2oc3cc(CC(C)(C)C)ccc3c2n1.[Ir]. The molecule has 0 saturated heterocycles. The Labute approximate surface area is 333 Å². The van der Waals surface area contributed by atoms with E-state index in [1.807, 2.05) is 19.1 Å². The van der Waals surface area contributed by atoms with Gasteiger partial charge in [0.2, 0.25) is 0 Å². The van der Waals surface area contributed by atoms with Crippen molar-refractivity contribution in [2.24, 2.45) is 40.9 Å². The first-order chi connectivity index (χ1) is 24.5. The van der Waals surface area contributed by atoms with Crippen LogP contribution in [0.5, 0.6) is 0 Å². The van der Waals surface area contributed by atoms with Crippen molar-refractivity contribution in [1.29, 1.82) is 0 Å². The molecule has 5 rings (SSSR count). The first-order valence-electron chi connectivity index (χ1n) is 19.5. The van der Waals surface area contributed by atoms with Crippen LogP contribution in [0.4, 0.5) is 0 Å². The normalized spacial score (nSPS) is 13.2. The van der Waals surface area contributed by atoms with Crippen LogP contribution in [0.1, 0.15) is 115 Å². The van der Waals surface area contributed by atoms with Crippen LogP contribution in [0.25, 0.3) is 44.2 Å². The Morgan fingerprint density at radius 2 is 1.47 bits per heavy atom. The van der Waals surface area contributed by atoms with E-state index in [4.69, 9.17) is 10.8 Å². The first kappa shape index (κ1) is 42.3. The van der Waals surface area contributed by atoms with Gasteiger partial charge in [0, 0.05) is 54.6 Å². The third kappa shape index (κ3) is 10.6. The Morgan fingerprint density at radius 1 is 0.868 bits per heavy atom. The topological polar surface area (TPSA) is 89.1 Å². The summed E-state index contributed by atoms with van der Waals surface area (Å²) in [5, 5.41) is 12.1. The molecule has 0 aliphatic rings. The summed E-state index contributed by atoms with van der Waals surface area (Å²) in [7, 11) is 0. The van der Waals surface area contributed by atoms with Crippen molar-refractivity contribution in [1.82, 2.24) is 15.0 Å². The first-order valence-corrected chi connectivity index (χ1v) is 19.0. The second-order valence-electron chi connectivity index (χ2n) is 18.2. The minimum Gasteiger partial charge on any atom is -0.512 e. The number of carbonyl (C=O) groups excluding carboxylic acids is 1. The van der Waals surface area contributed by atoms with Gasteiger partial charge in [-0.3, -0.25) is 14.8 Å². The number of aryl methyl sites for hydroxylation is 1. The van der Waals surface area contributed by atoms with Crippen LogP contribution < -0.4 is 0 Å². The minimum absolute atomic E-state index is 0. The van der Waals surface area contributed by atoms with Gasteiger partial charge in [0.05, 0.1) is 11.5 Å². The molecule has 1 N–H and O–H groups in total. The number of furan rings is 1. The molecule has 2 aromatic carbocycles. The number of fused-ring (bicyclic) bond motifs is 4. The number of aromatic nitrogens is 3. The second-order valence-corrected chi connectivity index (χ2v) is 18.2. The van der Waals surface area contributed by atoms with Gasteiger partial charge in [0.1, 0.15) is 24.4 Å². The molecule has 0 fully saturated rings. The van der Waals surface area contributed by atoms with E-state index in [0.29, 0.717) is 40.5 Å². The fourth-order valence-corrected chi connectivity index (χ4v) is 7.65. The Bertz CT molecular complexity index is 2100. The Hall–Kier alpha value is -3.41. The molecule has 0 saturated carbocycles. The molecule has 0 unspecified atom stereocenters. The summed E-state index contributed by atoms with van der Waals surface area (Å²) >= 11 is 0. The average molecular weight is 898 g/mol. The number of rotatable bonds is 9. The number of ketones is 1. The molecule has 0 spiro atoms. The van der Waals surface area contributed by atoms with Crippen molar-refractivity contribution < 1.29 is 35.8 Å². The van der Waals surface area contributed by atoms with Gasteiger partial charge < -0.3 is 9.52 Å². The molecule has 5 aromatic rings. The maximum atomic E-state index is 12.3. The molecule has 7 heteroatoms. The maximum absolute atomic E-state index is 12.3. The average Bonchev–Trinajstić information content (AvgIpc) is 3.35. The third-order valence-electron chi connectivity index (χ3n) is 9.75. The predicted molar refractivity (Wildman–Crippen MR) is 218 cm³/mol. The number of hydrogen-bond donors (Lipinski definition) is 1. The maximum Gasteiger partial charge on any atom is 0.162 e. The summed E-state index contributed by atoms with van der Waals surface area (Å²) in [6.45, 7) is 31.8. The number of aliphatic hydroxyl groups excluding tert-OH is 1. The Kier molecular flexibility index (Phi) is 13.9. The van der Waals surface area contributed by atoms with E-state index in [1.165, 1.54) is 11.6 Å². The van der Waals surface area contributed by atoms with E-state index < -0.39 is 0 Å². The molecule has 53 heavy (non-hydrogen) atoms. The molecule has 289 valence electrons. The van der Waals surface area contributed by atoms with Gasteiger partial charge in [0.15, 0.2) is 5.78 Å². The molecule has 6 nitrogen and oxygen atoms in total. The Morgan fingerprint density at radius 3 is 2.02 bits per heavy atom. The predicted octanol–water partition coefficient (Wildman–Crippen LogP) is 12.4. The molecule has 0 aliphatic heterocycles. The number of allylic oxidation sites excluding steroid dienone is 2. The van der Waals surface area contributed by atoms with Crippen LogP contribution in [0.2, 0.25) is 0 Å². The van der Waals surface area contributed by atoms with Gasteiger partial charge >= 0.3 is 0 Å². The van der Waals surface area contributed by atoms with Crippen LogP contribution in [0.15, 0.2) is 59.0 Å². The van der Waals surface area contributed by atoms with Crippen LogP contribution in [-0.4, -0.2) is 25.8 Å². The molecule has 3 heterocycles. The van der Waals surface area contributed by atoms with Crippen LogP contribution in [0, 0.1) is 53.9 Å².